The summed E-state index contributed by atoms with van der Waals surface area (Å²) in [4.78, 5) is 29.0. The first-order valence-corrected chi connectivity index (χ1v) is 10.0. The number of rotatable bonds is 2. The summed E-state index contributed by atoms with van der Waals surface area (Å²) in [6, 6.07) is 10.2. The molecule has 28 heavy (non-hydrogen) atoms. The van der Waals surface area contributed by atoms with E-state index in [-0.39, 0.29) is 11.8 Å². The van der Waals surface area contributed by atoms with Crippen molar-refractivity contribution >= 4 is 46.6 Å². The van der Waals surface area contributed by atoms with Gasteiger partial charge >= 0.3 is 0 Å². The van der Waals surface area contributed by atoms with Gasteiger partial charge in [0, 0.05) is 42.6 Å². The van der Waals surface area contributed by atoms with Crippen molar-refractivity contribution in [2.45, 2.75) is 12.5 Å². The van der Waals surface area contributed by atoms with E-state index in [4.69, 9.17) is 39.5 Å². The summed E-state index contributed by atoms with van der Waals surface area (Å²) in [7, 11) is 0. The topological polar surface area (TPSA) is 49.9 Å². The Hall–Kier alpha value is -1.95. The lowest BCUT2D eigenvalue weighted by Crippen LogP contribution is -2.53. The Kier molecular flexibility index (Phi) is 5.41. The zero-order valence-electron chi connectivity index (χ0n) is 14.8. The van der Waals surface area contributed by atoms with Crippen LogP contribution in [-0.4, -0.2) is 53.9 Å². The van der Waals surface area contributed by atoms with Crippen molar-refractivity contribution in [1.29, 1.82) is 0 Å². The fourth-order valence-corrected chi connectivity index (χ4v) is 4.21. The molecule has 0 N–H and O–H groups in total. The second-order valence-corrected chi connectivity index (χ2v) is 8.08. The molecule has 2 aromatic rings. The molecule has 0 saturated carbocycles. The van der Waals surface area contributed by atoms with Gasteiger partial charge in [0.2, 0.25) is 0 Å². The number of piperazine rings is 1. The average Bonchev–Trinajstić information content (AvgIpc) is 3.10. The number of fused-ring (bicyclic) bond motifs is 1. The highest BCUT2D eigenvalue weighted by molar-refractivity contribution is 6.36. The number of carbonyl (C=O) groups excluding carboxylic acids is 2. The van der Waals surface area contributed by atoms with Crippen LogP contribution in [-0.2, 0) is 11.2 Å². The van der Waals surface area contributed by atoms with Gasteiger partial charge in [-0.25, -0.2) is 0 Å². The molecule has 4 rings (SSSR count). The number of benzene rings is 2. The fraction of sp³-hybridized carbons (Fsp3) is 0.300. The van der Waals surface area contributed by atoms with Gasteiger partial charge in [0.25, 0.3) is 11.8 Å². The van der Waals surface area contributed by atoms with E-state index in [0.29, 0.717) is 59.0 Å². The van der Waals surface area contributed by atoms with E-state index in [0.717, 1.165) is 5.56 Å². The fourth-order valence-electron chi connectivity index (χ4n) is 3.52. The quantitative estimate of drug-likeness (QED) is 0.712. The molecule has 2 aromatic carbocycles. The minimum atomic E-state index is -0.540. The Morgan fingerprint density at radius 2 is 1.54 bits per heavy atom. The third-order valence-electron chi connectivity index (χ3n) is 5.01. The molecule has 0 aromatic heterocycles. The van der Waals surface area contributed by atoms with Crippen LogP contribution in [0.25, 0.3) is 0 Å². The van der Waals surface area contributed by atoms with Gasteiger partial charge in [0.05, 0.1) is 10.6 Å². The van der Waals surface area contributed by atoms with Crippen LogP contribution in [0.15, 0.2) is 36.4 Å². The van der Waals surface area contributed by atoms with E-state index in [2.05, 4.69) is 0 Å². The Labute approximate surface area is 177 Å². The molecule has 8 heteroatoms. The van der Waals surface area contributed by atoms with Crippen LogP contribution in [0.4, 0.5) is 0 Å². The van der Waals surface area contributed by atoms with Crippen LogP contribution < -0.4 is 4.74 Å². The van der Waals surface area contributed by atoms with Gasteiger partial charge in [-0.1, -0.05) is 34.8 Å². The van der Waals surface area contributed by atoms with Crippen LogP contribution in [0.2, 0.25) is 15.1 Å². The summed E-state index contributed by atoms with van der Waals surface area (Å²) in [5, 5.41) is 1.44. The minimum absolute atomic E-state index is 0.0658. The van der Waals surface area contributed by atoms with Gasteiger partial charge < -0.3 is 14.5 Å². The molecule has 146 valence electrons. The number of hydrogen-bond acceptors (Lipinski definition) is 3. The number of amides is 2. The van der Waals surface area contributed by atoms with Crippen molar-refractivity contribution in [3.8, 4) is 5.75 Å². The Balaban J connectivity index is 1.36. The lowest BCUT2D eigenvalue weighted by Gasteiger charge is -2.35. The molecule has 0 aliphatic carbocycles. The molecular formula is C20H17Cl3N2O3. The SMILES string of the molecule is O=C(c1ccc(Cl)cc1Cl)N1CCN(C(=O)C2Cc3cc(Cl)ccc3O2)CC1. The largest absolute Gasteiger partial charge is 0.480 e. The average molecular weight is 440 g/mol. The summed E-state index contributed by atoms with van der Waals surface area (Å²) in [6.45, 7) is 1.78. The molecule has 2 aliphatic heterocycles. The van der Waals surface area contributed by atoms with Gasteiger partial charge in [-0.2, -0.15) is 0 Å². The molecule has 2 heterocycles. The minimum Gasteiger partial charge on any atom is -0.480 e. The van der Waals surface area contributed by atoms with Crippen molar-refractivity contribution in [1.82, 2.24) is 9.80 Å². The third-order valence-corrected chi connectivity index (χ3v) is 5.80. The third kappa shape index (κ3) is 3.79. The van der Waals surface area contributed by atoms with Gasteiger partial charge in [0.1, 0.15) is 5.75 Å². The Bertz CT molecular complexity index is 942. The van der Waals surface area contributed by atoms with E-state index in [1.54, 1.807) is 40.1 Å². The van der Waals surface area contributed by atoms with E-state index in [1.165, 1.54) is 0 Å². The predicted octanol–water partition coefficient (Wildman–Crippen LogP) is 3.93. The number of hydrogen-bond donors (Lipinski definition) is 0. The first-order chi connectivity index (χ1) is 13.4. The summed E-state index contributed by atoms with van der Waals surface area (Å²) in [5.74, 6) is 0.478. The molecule has 2 aliphatic rings. The first kappa shape index (κ1) is 19.4. The predicted molar refractivity (Wildman–Crippen MR) is 109 cm³/mol. The number of carbonyl (C=O) groups is 2. The van der Waals surface area contributed by atoms with E-state index >= 15 is 0 Å². The van der Waals surface area contributed by atoms with Gasteiger partial charge in [0.15, 0.2) is 6.10 Å². The molecule has 5 nitrogen and oxygen atoms in total. The van der Waals surface area contributed by atoms with E-state index in [9.17, 15) is 9.59 Å². The van der Waals surface area contributed by atoms with Crippen molar-refractivity contribution < 1.29 is 14.3 Å². The maximum absolute atomic E-state index is 12.8. The number of ether oxygens (including phenoxy) is 1. The van der Waals surface area contributed by atoms with Crippen molar-refractivity contribution in [3.63, 3.8) is 0 Å². The highest BCUT2D eigenvalue weighted by atomic mass is 35.5. The maximum Gasteiger partial charge on any atom is 0.264 e. The monoisotopic (exact) mass is 438 g/mol. The van der Waals surface area contributed by atoms with Crippen molar-refractivity contribution in [2.24, 2.45) is 0 Å². The highest BCUT2D eigenvalue weighted by Crippen LogP contribution is 2.32. The summed E-state index contributed by atoms with van der Waals surface area (Å²) < 4.78 is 5.79. The summed E-state index contributed by atoms with van der Waals surface area (Å²) in [6.07, 6.45) is -0.0322. The Morgan fingerprint density at radius 3 is 2.25 bits per heavy atom. The zero-order valence-corrected chi connectivity index (χ0v) is 17.1. The molecule has 1 unspecified atom stereocenters. The number of nitrogens with zero attached hydrogens (tertiary/aromatic N) is 2. The van der Waals surface area contributed by atoms with Gasteiger partial charge in [-0.05, 0) is 42.0 Å². The summed E-state index contributed by atoms with van der Waals surface area (Å²) >= 11 is 18.0. The van der Waals surface area contributed by atoms with Crippen LogP contribution in [0.3, 0.4) is 0 Å². The van der Waals surface area contributed by atoms with Gasteiger partial charge in [-0.15, -0.1) is 0 Å². The van der Waals surface area contributed by atoms with Gasteiger partial charge in [-0.3, -0.25) is 9.59 Å². The molecular weight excluding hydrogens is 423 g/mol. The second kappa shape index (κ2) is 7.82. The standard InChI is InChI=1S/C20H17Cl3N2O3/c21-13-2-4-17-12(9-13)10-18(28-17)20(27)25-7-5-24(6-8-25)19(26)15-3-1-14(22)11-16(15)23/h1-4,9,11,18H,5-8,10H2. The second-order valence-electron chi connectivity index (χ2n) is 6.80. The van der Waals surface area contributed by atoms with Crippen LogP contribution >= 0.6 is 34.8 Å². The molecule has 1 atom stereocenters. The molecule has 0 spiro atoms. The number of halogens is 3. The maximum atomic E-state index is 12.8. The molecule has 2 amide bonds. The lowest BCUT2D eigenvalue weighted by molar-refractivity contribution is -0.139. The van der Waals surface area contributed by atoms with Crippen LogP contribution in [0.1, 0.15) is 15.9 Å². The first-order valence-electron chi connectivity index (χ1n) is 8.90. The zero-order chi connectivity index (χ0) is 19.8. The lowest BCUT2D eigenvalue weighted by atomic mass is 10.1. The Morgan fingerprint density at radius 1 is 0.893 bits per heavy atom. The molecule has 0 radical (unpaired) electrons. The summed E-state index contributed by atoms with van der Waals surface area (Å²) in [5.41, 5.74) is 1.36. The van der Waals surface area contributed by atoms with Crippen LogP contribution in [0.5, 0.6) is 5.75 Å². The van der Waals surface area contributed by atoms with Crippen LogP contribution in [0, 0.1) is 0 Å². The highest BCUT2D eigenvalue weighted by Gasteiger charge is 2.34. The van der Waals surface area contributed by atoms with Crippen molar-refractivity contribution in [3.05, 3.63) is 62.6 Å². The smallest absolute Gasteiger partial charge is 0.264 e. The molecule has 0 bridgehead atoms. The van der Waals surface area contributed by atoms with E-state index < -0.39 is 6.10 Å². The normalized spacial score (nSPS) is 18.6. The molecule has 1 saturated heterocycles. The molecule has 1 fully saturated rings. The van der Waals surface area contributed by atoms with Crippen molar-refractivity contribution in [2.75, 3.05) is 26.2 Å². The van der Waals surface area contributed by atoms with E-state index in [1.807, 2.05) is 6.07 Å².